The van der Waals surface area contributed by atoms with Crippen molar-refractivity contribution in [1.29, 1.82) is 0 Å². The first-order valence-corrected chi connectivity index (χ1v) is 35.4. The molecule has 0 saturated heterocycles. The minimum absolute atomic E-state index is 0.0511. The van der Waals surface area contributed by atoms with E-state index in [0.29, 0.717) is 136 Å². The Kier molecular flexibility index (Phi) is 58.9. The van der Waals surface area contributed by atoms with Crippen LogP contribution in [-0.4, -0.2) is 132 Å². The molecule has 1 amide bonds. The van der Waals surface area contributed by atoms with Crippen LogP contribution < -0.4 is 5.32 Å². The van der Waals surface area contributed by atoms with Gasteiger partial charge in [0.15, 0.2) is 0 Å². The zero-order valence-corrected chi connectivity index (χ0v) is 57.4. The number of nitrogens with one attached hydrogen (secondary N) is 1. The zero-order chi connectivity index (χ0) is 66.2. The Bertz CT molecular complexity index is 1760. The van der Waals surface area contributed by atoms with Crippen LogP contribution in [-0.2, 0) is 71.5 Å². The number of hydrogen-bond acceptors (Lipinski definition) is 17. The molecule has 0 radical (unpaired) electrons. The van der Waals surface area contributed by atoms with Crippen molar-refractivity contribution in [3.63, 3.8) is 0 Å². The van der Waals surface area contributed by atoms with Gasteiger partial charge in [0.2, 0.25) is 0 Å². The normalized spacial score (nSPS) is 11.9. The number of alkyl carbamates (subject to hydrolysis) is 1. The van der Waals surface area contributed by atoms with Crippen LogP contribution in [0.1, 0.15) is 291 Å². The lowest BCUT2D eigenvalue weighted by Crippen LogP contribution is -2.44. The highest BCUT2D eigenvalue weighted by Crippen LogP contribution is 2.25. The number of nitrogens with zero attached hydrogens (tertiary/aromatic N) is 1. The van der Waals surface area contributed by atoms with E-state index < -0.39 is 67.9 Å². The Morgan fingerprint density at radius 3 is 0.989 bits per heavy atom. The first-order valence-electron chi connectivity index (χ1n) is 35.4. The molecular formula is C72H126N2O16. The summed E-state index contributed by atoms with van der Waals surface area (Å²) in [5.74, 6) is -3.04. The maximum absolute atomic E-state index is 13.7. The van der Waals surface area contributed by atoms with Crippen molar-refractivity contribution in [3.05, 3.63) is 36.5 Å². The fraction of sp³-hybridized carbons (Fsp3) is 0.806. The molecule has 0 aromatic rings. The van der Waals surface area contributed by atoms with Gasteiger partial charge in [-0.2, -0.15) is 0 Å². The summed E-state index contributed by atoms with van der Waals surface area (Å²) >= 11 is 0. The molecule has 0 rings (SSSR count). The third-order valence-corrected chi connectivity index (χ3v) is 15.4. The van der Waals surface area contributed by atoms with Gasteiger partial charge in [-0.3, -0.25) is 33.6 Å². The topological polar surface area (TPSA) is 226 Å². The van der Waals surface area contributed by atoms with Gasteiger partial charge in [0.05, 0.1) is 19.8 Å². The summed E-state index contributed by atoms with van der Waals surface area (Å²) in [5, 5.41) is 2.80. The SMILES string of the molecule is CCCCC/C=C\CCOC(=O)CCCCCCC(=O)OCC(COC(=O)CCCCCCC(=O)OCC/C=C\CCCCC)(COC(=O)CCCCCCC(=O)OCC/C=C\CCCCC)COC(=O)CCC(CCCCCC)OC(=O)NCCN(C)CC. The van der Waals surface area contributed by atoms with Gasteiger partial charge in [-0.05, 0) is 129 Å². The van der Waals surface area contributed by atoms with Crippen molar-refractivity contribution >= 4 is 47.9 Å². The van der Waals surface area contributed by atoms with Crippen LogP contribution in [0.2, 0.25) is 0 Å². The highest BCUT2D eigenvalue weighted by Gasteiger charge is 2.38. The predicted octanol–water partition coefficient (Wildman–Crippen LogP) is 16.2. The Morgan fingerprint density at radius 2 is 0.656 bits per heavy atom. The lowest BCUT2D eigenvalue weighted by Gasteiger charge is -2.31. The molecule has 0 saturated carbocycles. The minimum atomic E-state index is -1.50. The highest BCUT2D eigenvalue weighted by atomic mass is 16.6. The van der Waals surface area contributed by atoms with E-state index in [4.69, 9.17) is 37.9 Å². The van der Waals surface area contributed by atoms with E-state index in [9.17, 15) is 38.4 Å². The van der Waals surface area contributed by atoms with Crippen LogP contribution in [0.25, 0.3) is 0 Å². The summed E-state index contributed by atoms with van der Waals surface area (Å²) in [5.41, 5.74) is -1.50. The third kappa shape index (κ3) is 56.7. The fourth-order valence-corrected chi connectivity index (χ4v) is 9.37. The summed E-state index contributed by atoms with van der Waals surface area (Å²) in [6.07, 6.45) is 39.9. The van der Waals surface area contributed by atoms with E-state index in [1.807, 2.05) is 14.0 Å². The molecule has 18 heteroatoms. The molecular weight excluding hydrogens is 1150 g/mol. The fourth-order valence-electron chi connectivity index (χ4n) is 9.37. The van der Waals surface area contributed by atoms with Crippen LogP contribution in [0.3, 0.4) is 0 Å². The molecule has 0 aromatic heterocycles. The highest BCUT2D eigenvalue weighted by molar-refractivity contribution is 5.72. The Balaban J connectivity index is 6.07. The third-order valence-electron chi connectivity index (χ3n) is 15.4. The smallest absolute Gasteiger partial charge is 0.407 e. The molecule has 1 atom stereocenters. The van der Waals surface area contributed by atoms with E-state index >= 15 is 0 Å². The van der Waals surface area contributed by atoms with E-state index in [2.05, 4.69) is 74.4 Å². The van der Waals surface area contributed by atoms with Crippen molar-refractivity contribution in [2.24, 2.45) is 5.41 Å². The van der Waals surface area contributed by atoms with Crippen LogP contribution in [0.5, 0.6) is 0 Å². The average Bonchev–Trinajstić information content (AvgIpc) is 1.80. The lowest BCUT2D eigenvalue weighted by atomic mass is 9.92. The van der Waals surface area contributed by atoms with Crippen LogP contribution in [0.15, 0.2) is 36.5 Å². The van der Waals surface area contributed by atoms with Crippen molar-refractivity contribution in [2.75, 3.05) is 72.9 Å². The molecule has 0 aromatic carbocycles. The number of allylic oxidation sites excluding steroid dienone is 3. The maximum atomic E-state index is 13.7. The van der Waals surface area contributed by atoms with Crippen molar-refractivity contribution in [3.8, 4) is 0 Å². The van der Waals surface area contributed by atoms with Crippen LogP contribution in [0, 0.1) is 5.41 Å². The molecule has 0 aliphatic rings. The Labute approximate surface area is 544 Å². The molecule has 0 fully saturated rings. The molecule has 0 aliphatic carbocycles. The molecule has 0 spiro atoms. The van der Waals surface area contributed by atoms with Gasteiger partial charge >= 0.3 is 47.9 Å². The maximum Gasteiger partial charge on any atom is 0.407 e. The summed E-state index contributed by atoms with van der Waals surface area (Å²) in [6.45, 7) is 11.9. The quantitative estimate of drug-likeness (QED) is 0.0258. The van der Waals surface area contributed by atoms with E-state index in [-0.39, 0.29) is 69.3 Å². The number of likely N-dealkylation sites (N-methyl/N-ethyl adjacent to an activating group) is 1. The second kappa shape index (κ2) is 62.5. The van der Waals surface area contributed by atoms with Gasteiger partial charge in [0.1, 0.15) is 37.9 Å². The number of rotatable bonds is 63. The summed E-state index contributed by atoms with van der Waals surface area (Å²) in [4.78, 5) is 106. The first-order chi connectivity index (χ1) is 43.7. The van der Waals surface area contributed by atoms with E-state index in [1.165, 1.54) is 38.5 Å². The van der Waals surface area contributed by atoms with Gasteiger partial charge in [0.25, 0.3) is 0 Å². The standard InChI is InChI=1S/C72H126N2O16/c1-7-12-16-20-23-32-42-56-83-64(75)46-36-26-29-39-49-67(78)86-59-72(60-87-68(79)50-40-30-27-37-47-65(76)84-57-43-33-24-21-17-13-8-2,61-88-69(80)51-41-31-28-38-48-66(77)85-58-44-34-25-22-18-14-9-3)62-89-70(81)53-52-63(45-35-19-15-10-4)90-71(82)73-54-55-74(6)11-5/h23-25,32-34,63H,7-22,26-31,35-62H2,1-6H3,(H,73,82)/b32-23-,33-24-,34-25-. The molecule has 0 heterocycles. The lowest BCUT2D eigenvalue weighted by molar-refractivity contribution is -0.171. The number of hydrogen-bond donors (Lipinski definition) is 1. The second-order valence-corrected chi connectivity index (χ2v) is 24.1. The number of unbranched alkanes of at least 4 members (excludes halogenated alkanes) is 21. The second-order valence-electron chi connectivity index (χ2n) is 24.1. The van der Waals surface area contributed by atoms with Crippen molar-refractivity contribution in [2.45, 2.75) is 298 Å². The monoisotopic (exact) mass is 1270 g/mol. The number of amides is 1. The number of carbonyl (C=O) groups is 8. The summed E-state index contributed by atoms with van der Waals surface area (Å²) in [7, 11) is 1.96. The van der Waals surface area contributed by atoms with Crippen molar-refractivity contribution in [1.82, 2.24) is 10.2 Å². The molecule has 18 nitrogen and oxygen atoms in total. The van der Waals surface area contributed by atoms with E-state index in [1.54, 1.807) is 0 Å². The predicted molar refractivity (Wildman–Crippen MR) is 355 cm³/mol. The largest absolute Gasteiger partial charge is 0.465 e. The Morgan fingerprint density at radius 1 is 0.356 bits per heavy atom. The number of ether oxygens (including phenoxy) is 8. The Hall–Kier alpha value is -5.26. The van der Waals surface area contributed by atoms with Crippen LogP contribution >= 0.6 is 0 Å². The van der Waals surface area contributed by atoms with Gasteiger partial charge in [0, 0.05) is 58.0 Å². The average molecular weight is 1280 g/mol. The molecule has 0 bridgehead atoms. The van der Waals surface area contributed by atoms with E-state index in [0.717, 1.165) is 70.8 Å². The minimum Gasteiger partial charge on any atom is -0.465 e. The van der Waals surface area contributed by atoms with Gasteiger partial charge < -0.3 is 48.1 Å². The molecule has 90 heavy (non-hydrogen) atoms. The number of carbonyl (C=O) groups excluding carboxylic acids is 8. The van der Waals surface area contributed by atoms with Crippen molar-refractivity contribution < 1.29 is 76.3 Å². The summed E-state index contributed by atoms with van der Waals surface area (Å²) < 4.78 is 45.4. The van der Waals surface area contributed by atoms with Gasteiger partial charge in [-0.25, -0.2) is 4.79 Å². The molecule has 1 N–H and O–H groups in total. The van der Waals surface area contributed by atoms with Crippen LogP contribution in [0.4, 0.5) is 4.79 Å². The molecule has 520 valence electrons. The summed E-state index contributed by atoms with van der Waals surface area (Å²) in [6, 6.07) is 0. The van der Waals surface area contributed by atoms with Gasteiger partial charge in [-0.1, -0.05) is 167 Å². The number of esters is 7. The first kappa shape index (κ1) is 84.7. The van der Waals surface area contributed by atoms with Gasteiger partial charge in [-0.15, -0.1) is 0 Å². The molecule has 1 unspecified atom stereocenters. The molecule has 0 aliphatic heterocycles. The zero-order valence-electron chi connectivity index (χ0n) is 57.4.